The molecule has 0 bridgehead atoms. The monoisotopic (exact) mass is 818 g/mol. The summed E-state index contributed by atoms with van der Waals surface area (Å²) in [7, 11) is 0. The topological polar surface area (TPSA) is 8.17 Å². The smallest absolute Gasteiger partial charge is 0.0541 e. The Hall–Kier alpha value is -7.68. The van der Waals surface area contributed by atoms with Crippen LogP contribution in [0.4, 0.5) is 17.1 Å². The first kappa shape index (κ1) is 36.9. The van der Waals surface area contributed by atoms with Gasteiger partial charge in [0.05, 0.1) is 11.0 Å². The van der Waals surface area contributed by atoms with Crippen LogP contribution in [0.15, 0.2) is 206 Å². The highest BCUT2D eigenvalue weighted by atomic mass is 15.1. The Morgan fingerprint density at radius 3 is 1.58 bits per heavy atom. The Morgan fingerprint density at radius 2 is 0.828 bits per heavy atom. The molecule has 11 aromatic rings. The van der Waals surface area contributed by atoms with Crippen molar-refractivity contribution in [1.29, 1.82) is 0 Å². The highest BCUT2D eigenvalue weighted by molar-refractivity contribution is 6.10. The lowest BCUT2D eigenvalue weighted by atomic mass is 9.81. The van der Waals surface area contributed by atoms with Gasteiger partial charge in [0.15, 0.2) is 0 Å². The number of para-hydroxylation sites is 2. The Labute approximate surface area is 374 Å². The van der Waals surface area contributed by atoms with Crippen LogP contribution in [0, 0.1) is 0 Å². The molecule has 13 rings (SSSR count). The molecule has 1 aromatic heterocycles. The number of hydrogen-bond acceptors (Lipinski definition) is 1. The van der Waals surface area contributed by atoms with E-state index in [1.165, 1.54) is 110 Å². The van der Waals surface area contributed by atoms with Crippen LogP contribution >= 0.6 is 0 Å². The molecule has 0 radical (unpaired) electrons. The van der Waals surface area contributed by atoms with Crippen molar-refractivity contribution in [1.82, 2.24) is 4.57 Å². The normalized spacial score (nSPS) is 14.2. The third-order valence-electron chi connectivity index (χ3n) is 14.7. The maximum atomic E-state index is 2.49. The second-order valence-corrected chi connectivity index (χ2v) is 19.0. The number of fused-ring (bicyclic) bond motifs is 11. The van der Waals surface area contributed by atoms with Crippen LogP contribution in [0.1, 0.15) is 49.9 Å². The molecular weight excluding hydrogens is 773 g/mol. The van der Waals surface area contributed by atoms with E-state index in [-0.39, 0.29) is 10.8 Å². The fourth-order valence-electron chi connectivity index (χ4n) is 11.4. The molecule has 304 valence electrons. The molecule has 64 heavy (non-hydrogen) atoms. The van der Waals surface area contributed by atoms with Gasteiger partial charge in [0.1, 0.15) is 0 Å². The minimum Gasteiger partial charge on any atom is -0.310 e. The lowest BCUT2D eigenvalue weighted by molar-refractivity contribution is 0.660. The van der Waals surface area contributed by atoms with E-state index >= 15 is 0 Å². The van der Waals surface area contributed by atoms with Gasteiger partial charge in [-0.1, -0.05) is 149 Å². The zero-order valence-electron chi connectivity index (χ0n) is 36.5. The van der Waals surface area contributed by atoms with Gasteiger partial charge >= 0.3 is 0 Å². The molecular formula is C62H46N2. The number of anilines is 3. The molecule has 0 spiro atoms. The van der Waals surface area contributed by atoms with E-state index in [1.807, 2.05) is 0 Å². The van der Waals surface area contributed by atoms with Gasteiger partial charge in [0.2, 0.25) is 0 Å². The molecule has 0 atom stereocenters. The lowest BCUT2D eigenvalue weighted by Crippen LogP contribution is -2.18. The fraction of sp³-hybridized carbons (Fsp3) is 0.0968. The minimum atomic E-state index is -0.223. The summed E-state index contributed by atoms with van der Waals surface area (Å²) >= 11 is 0. The Balaban J connectivity index is 0.934. The van der Waals surface area contributed by atoms with Crippen LogP contribution < -0.4 is 4.90 Å². The molecule has 1 heterocycles. The Kier molecular flexibility index (Phi) is 7.74. The van der Waals surface area contributed by atoms with E-state index in [0.29, 0.717) is 0 Å². The predicted octanol–water partition coefficient (Wildman–Crippen LogP) is 16.8. The van der Waals surface area contributed by atoms with Crippen LogP contribution in [0.2, 0.25) is 0 Å². The molecule has 10 aromatic carbocycles. The van der Waals surface area contributed by atoms with Gasteiger partial charge in [-0.05, 0) is 162 Å². The maximum absolute atomic E-state index is 2.49. The predicted molar refractivity (Wildman–Crippen MR) is 271 cm³/mol. The molecule has 0 unspecified atom stereocenters. The van der Waals surface area contributed by atoms with Crippen LogP contribution in [-0.2, 0) is 10.8 Å². The van der Waals surface area contributed by atoms with Crippen molar-refractivity contribution in [2.45, 2.75) is 38.5 Å². The van der Waals surface area contributed by atoms with E-state index in [0.717, 1.165) is 11.4 Å². The fourth-order valence-corrected chi connectivity index (χ4v) is 11.4. The van der Waals surface area contributed by atoms with Crippen molar-refractivity contribution < 1.29 is 0 Å². The summed E-state index contributed by atoms with van der Waals surface area (Å²) in [6.45, 7) is 9.56. The summed E-state index contributed by atoms with van der Waals surface area (Å²) in [6, 6.07) is 77.2. The molecule has 2 heteroatoms. The summed E-state index contributed by atoms with van der Waals surface area (Å²) in [4.78, 5) is 2.49. The summed E-state index contributed by atoms with van der Waals surface area (Å²) in [5, 5.41) is 7.54. The van der Waals surface area contributed by atoms with Crippen molar-refractivity contribution in [3.8, 4) is 39.1 Å². The summed E-state index contributed by atoms with van der Waals surface area (Å²) in [6.07, 6.45) is 0. The van der Waals surface area contributed by atoms with Gasteiger partial charge in [-0.3, -0.25) is 0 Å². The first-order chi connectivity index (χ1) is 31.2. The third-order valence-corrected chi connectivity index (χ3v) is 14.7. The second-order valence-electron chi connectivity index (χ2n) is 19.0. The quantitative estimate of drug-likeness (QED) is 0.157. The lowest BCUT2D eigenvalue weighted by Gasteiger charge is -2.30. The molecule has 2 aliphatic rings. The van der Waals surface area contributed by atoms with Crippen molar-refractivity contribution in [2.75, 3.05) is 4.90 Å². The van der Waals surface area contributed by atoms with Gasteiger partial charge < -0.3 is 9.47 Å². The minimum absolute atomic E-state index is 0.112. The first-order valence-corrected chi connectivity index (χ1v) is 22.6. The third kappa shape index (κ3) is 5.32. The van der Waals surface area contributed by atoms with Crippen molar-refractivity contribution >= 4 is 60.4 Å². The average molecular weight is 819 g/mol. The van der Waals surface area contributed by atoms with E-state index in [4.69, 9.17) is 0 Å². The summed E-state index contributed by atoms with van der Waals surface area (Å²) in [5.41, 5.74) is 20.0. The van der Waals surface area contributed by atoms with Gasteiger partial charge in [-0.2, -0.15) is 0 Å². The molecule has 2 nitrogen and oxygen atoms in total. The zero-order chi connectivity index (χ0) is 42.9. The van der Waals surface area contributed by atoms with Crippen molar-refractivity contribution in [3.05, 3.63) is 229 Å². The van der Waals surface area contributed by atoms with E-state index < -0.39 is 0 Å². The summed E-state index contributed by atoms with van der Waals surface area (Å²) in [5.74, 6) is 0. The molecule has 0 saturated heterocycles. The summed E-state index contributed by atoms with van der Waals surface area (Å²) < 4.78 is 2.39. The number of aromatic nitrogens is 1. The highest BCUT2D eigenvalue weighted by Crippen LogP contribution is 2.54. The van der Waals surface area contributed by atoms with Crippen molar-refractivity contribution in [3.63, 3.8) is 0 Å². The molecule has 0 amide bonds. The van der Waals surface area contributed by atoms with Gasteiger partial charge in [-0.25, -0.2) is 0 Å². The highest BCUT2D eigenvalue weighted by Gasteiger charge is 2.38. The molecule has 0 aliphatic heterocycles. The van der Waals surface area contributed by atoms with Gasteiger partial charge in [-0.15, -0.1) is 0 Å². The number of rotatable bonds is 5. The van der Waals surface area contributed by atoms with Crippen LogP contribution in [0.25, 0.3) is 82.4 Å². The maximum Gasteiger partial charge on any atom is 0.0541 e. The number of hydrogen-bond donors (Lipinski definition) is 0. The average Bonchev–Trinajstić information content (AvgIpc) is 3.87. The van der Waals surface area contributed by atoms with Gasteiger partial charge in [0.25, 0.3) is 0 Å². The molecule has 0 N–H and O–H groups in total. The number of nitrogens with zero attached hydrogens (tertiary/aromatic N) is 2. The zero-order valence-corrected chi connectivity index (χ0v) is 36.5. The van der Waals surface area contributed by atoms with Crippen LogP contribution in [0.3, 0.4) is 0 Å². The molecule has 2 aliphatic carbocycles. The standard InChI is InChI=1S/C62H46N2/c1-61(2)55-20-12-10-18-49(55)51-29-26-47(37-57(51)61)63(46-25-22-41-32-39-14-8-9-15-40(39)33-44(41)34-46)48-27-30-52-50-28-23-43(36-56(50)62(3,4)58(52)38-48)42-24-31-60-54(35-42)53-19-11-13-21-59(53)64(60)45-16-6-5-7-17-45/h5-38H,1-4H3. The Morgan fingerprint density at radius 1 is 0.328 bits per heavy atom. The van der Waals surface area contributed by atoms with E-state index in [9.17, 15) is 0 Å². The first-order valence-electron chi connectivity index (χ1n) is 22.6. The second kappa shape index (κ2) is 13.4. The van der Waals surface area contributed by atoms with E-state index in [2.05, 4.69) is 243 Å². The van der Waals surface area contributed by atoms with Crippen LogP contribution in [-0.4, -0.2) is 4.57 Å². The molecule has 0 fully saturated rings. The molecule has 0 saturated carbocycles. The Bertz CT molecular complexity index is 3730. The SMILES string of the molecule is CC1(C)c2ccccc2-c2ccc(N(c3ccc4c(c3)C(C)(C)c3cc(-c5ccc6c(c5)c5ccccc5n6-c5ccccc5)ccc3-4)c3ccc4cc5ccccc5cc4c3)cc21. The number of benzene rings is 10. The largest absolute Gasteiger partial charge is 0.310 e. The van der Waals surface area contributed by atoms with Crippen molar-refractivity contribution in [2.24, 2.45) is 0 Å². The van der Waals surface area contributed by atoms with Gasteiger partial charge in [0, 0.05) is 44.4 Å². The van der Waals surface area contributed by atoms with Crippen LogP contribution in [0.5, 0.6) is 0 Å². The van der Waals surface area contributed by atoms with E-state index in [1.54, 1.807) is 0 Å².